The van der Waals surface area contributed by atoms with Crippen molar-refractivity contribution in [3.05, 3.63) is 34.6 Å². The molecule has 0 aliphatic heterocycles. The minimum absolute atomic E-state index is 0.0808. The van der Waals surface area contributed by atoms with Crippen molar-refractivity contribution >= 4 is 17.5 Å². The highest BCUT2D eigenvalue weighted by Crippen LogP contribution is 2.19. The number of nitrogens with zero attached hydrogens (tertiary/aromatic N) is 1. The summed E-state index contributed by atoms with van der Waals surface area (Å²) in [5.41, 5.74) is 6.01. The fraction of sp³-hybridized carbons (Fsp3) is 0.417. The van der Waals surface area contributed by atoms with Gasteiger partial charge in [0.05, 0.1) is 13.2 Å². The third-order valence-corrected chi connectivity index (χ3v) is 2.82. The minimum Gasteiger partial charge on any atom is -0.383 e. The van der Waals surface area contributed by atoms with Crippen molar-refractivity contribution in [3.63, 3.8) is 0 Å². The third-order valence-electron chi connectivity index (χ3n) is 2.47. The van der Waals surface area contributed by atoms with Crippen LogP contribution in [0.15, 0.2) is 18.2 Å². The molecule has 0 saturated carbocycles. The lowest BCUT2D eigenvalue weighted by molar-refractivity contribution is -0.130. The molecular formula is C12H16ClFN2O2. The van der Waals surface area contributed by atoms with Crippen molar-refractivity contribution in [3.8, 4) is 0 Å². The van der Waals surface area contributed by atoms with Crippen LogP contribution in [-0.2, 0) is 16.1 Å². The minimum atomic E-state index is -0.405. The zero-order valence-corrected chi connectivity index (χ0v) is 10.9. The quantitative estimate of drug-likeness (QED) is 0.853. The molecule has 1 amide bonds. The van der Waals surface area contributed by atoms with Gasteiger partial charge in [-0.1, -0.05) is 17.7 Å². The van der Waals surface area contributed by atoms with Crippen LogP contribution in [-0.4, -0.2) is 37.6 Å². The predicted molar refractivity (Wildman–Crippen MR) is 67.8 cm³/mol. The largest absolute Gasteiger partial charge is 0.383 e. The standard InChI is InChI=1S/C12H16ClFN2O2/c1-18-5-4-16(12(17)7-15)8-9-2-3-10(14)6-11(9)13/h2-3,6H,4-5,7-8,15H2,1H3. The molecule has 0 unspecified atom stereocenters. The van der Waals surface area contributed by atoms with E-state index in [1.807, 2.05) is 0 Å². The number of halogens is 2. The molecule has 0 heterocycles. The first-order valence-electron chi connectivity index (χ1n) is 5.49. The van der Waals surface area contributed by atoms with Gasteiger partial charge in [0.2, 0.25) is 5.91 Å². The molecular weight excluding hydrogens is 259 g/mol. The van der Waals surface area contributed by atoms with Crippen LogP contribution in [0, 0.1) is 5.82 Å². The highest BCUT2D eigenvalue weighted by Gasteiger charge is 2.14. The fourth-order valence-electron chi connectivity index (χ4n) is 1.48. The Bertz CT molecular complexity index is 415. The summed E-state index contributed by atoms with van der Waals surface area (Å²) in [6.07, 6.45) is 0. The Hall–Kier alpha value is -1.17. The van der Waals surface area contributed by atoms with Gasteiger partial charge in [0.25, 0.3) is 0 Å². The molecule has 100 valence electrons. The number of nitrogens with two attached hydrogens (primary N) is 1. The molecule has 0 aromatic heterocycles. The van der Waals surface area contributed by atoms with E-state index in [0.717, 1.165) is 0 Å². The molecule has 0 spiro atoms. The Morgan fingerprint density at radius 3 is 2.83 bits per heavy atom. The summed E-state index contributed by atoms with van der Waals surface area (Å²) in [6, 6.07) is 4.09. The summed E-state index contributed by atoms with van der Waals surface area (Å²) >= 11 is 5.92. The number of ether oxygens (including phenoxy) is 1. The number of carbonyl (C=O) groups is 1. The van der Waals surface area contributed by atoms with E-state index in [2.05, 4.69) is 0 Å². The number of hydrogen-bond acceptors (Lipinski definition) is 3. The van der Waals surface area contributed by atoms with Gasteiger partial charge in [-0.05, 0) is 17.7 Å². The van der Waals surface area contributed by atoms with Gasteiger partial charge in [0.15, 0.2) is 0 Å². The summed E-state index contributed by atoms with van der Waals surface area (Å²) in [7, 11) is 1.55. The molecule has 1 rings (SSSR count). The second kappa shape index (κ2) is 7.31. The molecule has 18 heavy (non-hydrogen) atoms. The van der Waals surface area contributed by atoms with E-state index >= 15 is 0 Å². The molecule has 1 aromatic rings. The first kappa shape index (κ1) is 14.9. The SMILES string of the molecule is COCCN(Cc1ccc(F)cc1Cl)C(=O)CN. The van der Waals surface area contributed by atoms with Gasteiger partial charge >= 0.3 is 0 Å². The van der Waals surface area contributed by atoms with Crippen LogP contribution in [0.25, 0.3) is 0 Å². The Kier molecular flexibility index (Phi) is 6.04. The zero-order chi connectivity index (χ0) is 13.5. The normalized spacial score (nSPS) is 10.4. The number of rotatable bonds is 6. The van der Waals surface area contributed by atoms with E-state index < -0.39 is 5.82 Å². The predicted octanol–water partition coefficient (Wildman–Crippen LogP) is 1.41. The average molecular weight is 275 g/mol. The van der Waals surface area contributed by atoms with Crippen molar-refractivity contribution in [2.75, 3.05) is 26.8 Å². The monoisotopic (exact) mass is 274 g/mol. The van der Waals surface area contributed by atoms with E-state index in [0.29, 0.717) is 30.3 Å². The van der Waals surface area contributed by atoms with Crippen molar-refractivity contribution in [1.29, 1.82) is 0 Å². The first-order valence-corrected chi connectivity index (χ1v) is 5.87. The van der Waals surface area contributed by atoms with E-state index in [1.54, 1.807) is 13.2 Å². The maximum Gasteiger partial charge on any atom is 0.236 e. The summed E-state index contributed by atoms with van der Waals surface area (Å²) in [4.78, 5) is 13.2. The number of carbonyl (C=O) groups excluding carboxylic acids is 1. The number of hydrogen-bond donors (Lipinski definition) is 1. The van der Waals surface area contributed by atoms with Crippen LogP contribution in [0.5, 0.6) is 0 Å². The van der Waals surface area contributed by atoms with E-state index in [1.165, 1.54) is 17.0 Å². The smallest absolute Gasteiger partial charge is 0.236 e. The van der Waals surface area contributed by atoms with Crippen LogP contribution in [0.1, 0.15) is 5.56 Å². The second-order valence-corrected chi connectivity index (χ2v) is 4.16. The van der Waals surface area contributed by atoms with Gasteiger partial charge in [0.1, 0.15) is 5.82 Å². The maximum absolute atomic E-state index is 12.9. The Morgan fingerprint density at radius 1 is 1.56 bits per heavy atom. The van der Waals surface area contributed by atoms with Crippen LogP contribution in [0.4, 0.5) is 4.39 Å². The Balaban J connectivity index is 2.78. The molecule has 1 aromatic carbocycles. The van der Waals surface area contributed by atoms with Gasteiger partial charge in [0, 0.05) is 25.2 Å². The highest BCUT2D eigenvalue weighted by atomic mass is 35.5. The second-order valence-electron chi connectivity index (χ2n) is 3.75. The summed E-state index contributed by atoms with van der Waals surface area (Å²) in [5, 5.41) is 0.294. The lowest BCUT2D eigenvalue weighted by Crippen LogP contribution is -2.37. The molecule has 0 radical (unpaired) electrons. The van der Waals surface area contributed by atoms with Gasteiger partial charge in [-0.3, -0.25) is 4.79 Å². The van der Waals surface area contributed by atoms with Gasteiger partial charge in [-0.2, -0.15) is 0 Å². The lowest BCUT2D eigenvalue weighted by atomic mass is 10.2. The number of benzene rings is 1. The molecule has 0 aliphatic rings. The number of amides is 1. The topological polar surface area (TPSA) is 55.6 Å². The van der Waals surface area contributed by atoms with Crippen molar-refractivity contribution in [2.45, 2.75) is 6.54 Å². The lowest BCUT2D eigenvalue weighted by Gasteiger charge is -2.22. The van der Waals surface area contributed by atoms with Gasteiger partial charge < -0.3 is 15.4 Å². The molecule has 0 saturated heterocycles. The molecule has 0 bridgehead atoms. The van der Waals surface area contributed by atoms with E-state index in [-0.39, 0.29) is 12.5 Å². The molecule has 0 atom stereocenters. The summed E-state index contributed by atoms with van der Waals surface area (Å²) < 4.78 is 17.8. The van der Waals surface area contributed by atoms with Crippen molar-refractivity contribution < 1.29 is 13.9 Å². The van der Waals surface area contributed by atoms with E-state index in [9.17, 15) is 9.18 Å². The molecule has 4 nitrogen and oxygen atoms in total. The molecule has 0 fully saturated rings. The summed E-state index contributed by atoms with van der Waals surface area (Å²) in [6.45, 7) is 1.03. The van der Waals surface area contributed by atoms with Crippen molar-refractivity contribution in [1.82, 2.24) is 4.90 Å². The fourth-order valence-corrected chi connectivity index (χ4v) is 1.71. The molecule has 2 N–H and O–H groups in total. The van der Waals surface area contributed by atoms with Gasteiger partial charge in [-0.15, -0.1) is 0 Å². The average Bonchev–Trinajstić information content (AvgIpc) is 2.36. The Labute approximate surface area is 110 Å². The molecule has 6 heteroatoms. The summed E-state index contributed by atoms with van der Waals surface area (Å²) in [5.74, 6) is -0.607. The third kappa shape index (κ3) is 4.25. The van der Waals surface area contributed by atoms with Crippen LogP contribution in [0.2, 0.25) is 5.02 Å². The maximum atomic E-state index is 12.9. The van der Waals surface area contributed by atoms with Gasteiger partial charge in [-0.25, -0.2) is 4.39 Å². The molecule has 0 aliphatic carbocycles. The van der Waals surface area contributed by atoms with Crippen LogP contribution < -0.4 is 5.73 Å². The zero-order valence-electron chi connectivity index (χ0n) is 10.2. The highest BCUT2D eigenvalue weighted by molar-refractivity contribution is 6.31. The van der Waals surface area contributed by atoms with Crippen LogP contribution in [0.3, 0.4) is 0 Å². The Morgan fingerprint density at radius 2 is 2.28 bits per heavy atom. The van der Waals surface area contributed by atoms with Crippen LogP contribution >= 0.6 is 11.6 Å². The first-order chi connectivity index (χ1) is 8.58. The van der Waals surface area contributed by atoms with Crippen molar-refractivity contribution in [2.24, 2.45) is 5.73 Å². The van der Waals surface area contributed by atoms with E-state index in [4.69, 9.17) is 22.1 Å². The number of methoxy groups -OCH3 is 1.